The lowest BCUT2D eigenvalue weighted by molar-refractivity contribution is -0.202. The number of benzene rings is 2. The molecule has 0 saturated carbocycles. The molecule has 0 fully saturated rings. The second kappa shape index (κ2) is 9.86. The van der Waals surface area contributed by atoms with Gasteiger partial charge in [-0.05, 0) is 54.1 Å². The van der Waals surface area contributed by atoms with E-state index >= 15 is 8.78 Å². The van der Waals surface area contributed by atoms with E-state index in [1.165, 1.54) is 30.3 Å². The van der Waals surface area contributed by atoms with E-state index in [0.717, 1.165) is 24.7 Å². The molecule has 6 nitrogen and oxygen atoms in total. The molecule has 3 aromatic rings. The molecule has 1 unspecified atom stereocenters. The van der Waals surface area contributed by atoms with E-state index < -0.39 is 46.8 Å². The Kier molecular flexibility index (Phi) is 7.14. The van der Waals surface area contributed by atoms with Gasteiger partial charge < -0.3 is 10.9 Å². The fourth-order valence-electron chi connectivity index (χ4n) is 3.06. The normalized spacial score (nSPS) is 13.3. The van der Waals surface area contributed by atoms with Gasteiger partial charge in [0.15, 0.2) is 17.2 Å². The van der Waals surface area contributed by atoms with Gasteiger partial charge in [0.2, 0.25) is 0 Å². The summed E-state index contributed by atoms with van der Waals surface area (Å²) in [5, 5.41) is 14.7. The van der Waals surface area contributed by atoms with Crippen LogP contribution in [0.3, 0.4) is 0 Å². The molecule has 1 heterocycles. The Morgan fingerprint density at radius 1 is 0.971 bits per heavy atom. The Bertz CT molecular complexity index is 1240. The summed E-state index contributed by atoms with van der Waals surface area (Å²) in [5.41, 5.74) is -3.94. The number of hydrazine groups is 1. The number of hydrazone groups is 1. The minimum Gasteiger partial charge on any atom is -0.377 e. The molecule has 11 heteroatoms. The van der Waals surface area contributed by atoms with Crippen LogP contribution in [-0.2, 0) is 11.5 Å². The lowest BCUT2D eigenvalue weighted by Crippen LogP contribution is -2.53. The predicted octanol–water partition coefficient (Wildman–Crippen LogP) is 2.96. The summed E-state index contributed by atoms with van der Waals surface area (Å²) in [5.74, 6) is 8.67. The molecule has 1 aromatic heterocycles. The molecular weight excluding hydrogens is 457 g/mol. The van der Waals surface area contributed by atoms with Crippen LogP contribution in [0.5, 0.6) is 0 Å². The smallest absolute Gasteiger partial charge is 0.323 e. The largest absolute Gasteiger partial charge is 0.377 e. The first-order valence-corrected chi connectivity index (χ1v) is 9.61. The molecule has 0 aliphatic carbocycles. The van der Waals surface area contributed by atoms with Crippen LogP contribution in [0.2, 0.25) is 0 Å². The highest BCUT2D eigenvalue weighted by Crippen LogP contribution is 2.45. The van der Waals surface area contributed by atoms with Crippen LogP contribution in [0.4, 0.5) is 22.0 Å². The van der Waals surface area contributed by atoms with Crippen LogP contribution in [0.25, 0.3) is 0 Å². The van der Waals surface area contributed by atoms with Gasteiger partial charge in [-0.15, -0.1) is 0 Å². The zero-order chi connectivity index (χ0) is 24.9. The molecule has 0 aliphatic rings. The Labute approximate surface area is 191 Å². The van der Waals surface area contributed by atoms with Gasteiger partial charge in [0.05, 0.1) is 6.54 Å². The van der Waals surface area contributed by atoms with Gasteiger partial charge in [-0.2, -0.15) is 13.9 Å². The maximum Gasteiger partial charge on any atom is 0.323 e. The van der Waals surface area contributed by atoms with E-state index in [1.807, 2.05) is 0 Å². The zero-order valence-electron chi connectivity index (χ0n) is 17.4. The van der Waals surface area contributed by atoms with E-state index in [1.54, 1.807) is 0 Å². The summed E-state index contributed by atoms with van der Waals surface area (Å²) in [4.78, 5) is 3.70. The highest BCUT2D eigenvalue weighted by molar-refractivity contribution is 5.53. The van der Waals surface area contributed by atoms with Crippen molar-refractivity contribution in [1.29, 1.82) is 0 Å². The van der Waals surface area contributed by atoms with Gasteiger partial charge >= 0.3 is 5.92 Å². The van der Waals surface area contributed by atoms with E-state index in [-0.39, 0.29) is 5.56 Å². The van der Waals surface area contributed by atoms with Crippen molar-refractivity contribution in [2.24, 2.45) is 16.8 Å². The summed E-state index contributed by atoms with van der Waals surface area (Å²) in [6.07, 6.45) is 1.81. The van der Waals surface area contributed by atoms with Gasteiger partial charge in [-0.25, -0.2) is 19.0 Å². The topological polar surface area (TPSA) is 101 Å². The molecule has 5 N–H and O–H groups in total. The van der Waals surface area contributed by atoms with Gasteiger partial charge in [0.25, 0.3) is 0 Å². The van der Waals surface area contributed by atoms with Crippen LogP contribution in [-0.4, -0.2) is 28.0 Å². The van der Waals surface area contributed by atoms with Gasteiger partial charge in [0.1, 0.15) is 17.8 Å². The predicted molar refractivity (Wildman–Crippen MR) is 114 cm³/mol. The monoisotopic (exact) mass is 475 g/mol. The average molecular weight is 475 g/mol. The molecule has 0 amide bonds. The second-order valence-electron chi connectivity index (χ2n) is 7.19. The number of hydrogen-bond acceptors (Lipinski definition) is 5. The van der Waals surface area contributed by atoms with Crippen molar-refractivity contribution < 1.29 is 27.1 Å². The van der Waals surface area contributed by atoms with Crippen LogP contribution in [0.15, 0.2) is 65.9 Å². The number of nitrogens with two attached hydrogens (primary N) is 2. The van der Waals surface area contributed by atoms with Gasteiger partial charge in [-0.1, -0.05) is 17.9 Å². The first kappa shape index (κ1) is 24.6. The number of pyridine rings is 1. The number of hydrogen-bond donors (Lipinski definition) is 3. The Morgan fingerprint density at radius 2 is 1.62 bits per heavy atom. The van der Waals surface area contributed by atoms with Crippen LogP contribution in [0.1, 0.15) is 22.4 Å². The first-order chi connectivity index (χ1) is 16.1. The number of aromatic nitrogens is 1. The maximum atomic E-state index is 15.6. The number of aliphatic hydroxyl groups is 1. The molecule has 0 saturated heterocycles. The quantitative estimate of drug-likeness (QED) is 0.127. The average Bonchev–Trinajstić information content (AvgIpc) is 2.80. The number of halogens is 5. The number of rotatable bonds is 6. The summed E-state index contributed by atoms with van der Waals surface area (Å²) in [7, 11) is 0. The van der Waals surface area contributed by atoms with Gasteiger partial charge in [-0.3, -0.25) is 9.99 Å². The zero-order valence-corrected chi connectivity index (χ0v) is 17.4. The highest BCUT2D eigenvalue weighted by atomic mass is 19.3. The minimum absolute atomic E-state index is 0.260. The first-order valence-electron chi connectivity index (χ1n) is 9.61. The molecule has 34 heavy (non-hydrogen) atoms. The molecule has 0 bridgehead atoms. The van der Waals surface area contributed by atoms with Gasteiger partial charge in [0, 0.05) is 17.3 Å². The second-order valence-corrected chi connectivity index (χ2v) is 7.19. The molecule has 176 valence electrons. The fraction of sp³-hybridized carbons (Fsp3) is 0.130. The van der Waals surface area contributed by atoms with Crippen molar-refractivity contribution in [1.82, 2.24) is 9.99 Å². The third kappa shape index (κ3) is 5.14. The minimum atomic E-state index is -4.14. The summed E-state index contributed by atoms with van der Waals surface area (Å²) < 4.78 is 71.3. The van der Waals surface area contributed by atoms with E-state index in [4.69, 9.17) is 11.7 Å². The van der Waals surface area contributed by atoms with Crippen LogP contribution < -0.4 is 11.7 Å². The molecule has 1 atom stereocenters. The lowest BCUT2D eigenvalue weighted by atomic mass is 9.84. The summed E-state index contributed by atoms with van der Waals surface area (Å²) in [6, 6.07) is 9.36. The lowest BCUT2D eigenvalue weighted by Gasteiger charge is -2.37. The van der Waals surface area contributed by atoms with Crippen molar-refractivity contribution in [2.45, 2.75) is 11.5 Å². The molecule has 0 spiro atoms. The third-order valence-electron chi connectivity index (χ3n) is 4.82. The number of alkyl halides is 2. The maximum absolute atomic E-state index is 15.6. The fourth-order valence-corrected chi connectivity index (χ4v) is 3.06. The van der Waals surface area contributed by atoms with Crippen LogP contribution in [0, 0.1) is 29.3 Å². The molecule has 2 aromatic carbocycles. The Balaban J connectivity index is 1.98. The van der Waals surface area contributed by atoms with Crippen molar-refractivity contribution in [2.75, 3.05) is 6.54 Å². The number of nitrogens with zero attached hydrogens (tertiary/aromatic N) is 3. The molecule has 0 radical (unpaired) electrons. The van der Waals surface area contributed by atoms with E-state index in [0.29, 0.717) is 22.7 Å². The molecule has 3 rings (SSSR count). The Morgan fingerprint density at radius 3 is 2.21 bits per heavy atom. The SMILES string of the molecule is N/N=C\N(N)CC(O)(c1ccc(F)c(F)c1)C(F)(F)c1ccc(C#Cc2ccc(F)cc2)cn1. The highest BCUT2D eigenvalue weighted by Gasteiger charge is 2.57. The van der Waals surface area contributed by atoms with Crippen molar-refractivity contribution in [3.05, 3.63) is 101 Å². The van der Waals surface area contributed by atoms with Crippen LogP contribution >= 0.6 is 0 Å². The molecular formula is C23H18F5N5O. The summed E-state index contributed by atoms with van der Waals surface area (Å²) >= 11 is 0. The van der Waals surface area contributed by atoms with Crippen molar-refractivity contribution in [3.8, 4) is 11.8 Å². The standard InChI is InChI=1S/C23H18F5N5O/c24-18-7-3-15(4-8-18)1-2-16-5-10-21(31-12-16)23(27,28)22(34,13-33(30)14-32-29)17-6-9-19(25)20(26)11-17/h3-12,14,34H,13,29-30H2/b32-14-. The third-order valence-corrected chi connectivity index (χ3v) is 4.82. The molecule has 0 aliphatic heterocycles. The van der Waals surface area contributed by atoms with E-state index in [9.17, 15) is 18.3 Å². The summed E-state index contributed by atoms with van der Waals surface area (Å²) in [6.45, 7) is -1.00. The van der Waals surface area contributed by atoms with Crippen molar-refractivity contribution in [3.63, 3.8) is 0 Å². The van der Waals surface area contributed by atoms with Crippen molar-refractivity contribution >= 4 is 6.34 Å². The Hall–Kier alpha value is -4.01. The van der Waals surface area contributed by atoms with E-state index in [2.05, 4.69) is 21.9 Å².